The molecule has 7 heteroatoms. The average Bonchev–Trinajstić information content (AvgIpc) is 2.39. The molecular weight excluding hydrogens is 310 g/mol. The van der Waals surface area contributed by atoms with Crippen molar-refractivity contribution in [3.05, 3.63) is 35.1 Å². The van der Waals surface area contributed by atoms with Gasteiger partial charge in [-0.15, -0.1) is 11.6 Å². The summed E-state index contributed by atoms with van der Waals surface area (Å²) in [6, 6.07) is 2.46. The molecule has 118 valence electrons. The van der Waals surface area contributed by atoms with Crippen LogP contribution in [-0.4, -0.2) is 18.4 Å². The lowest BCUT2D eigenvalue weighted by molar-refractivity contribution is -0.138. The second-order valence-electron chi connectivity index (χ2n) is 4.41. The van der Waals surface area contributed by atoms with Crippen molar-refractivity contribution >= 4 is 17.5 Å². The van der Waals surface area contributed by atoms with Gasteiger partial charge in [0.2, 0.25) is 0 Å². The Morgan fingerprint density at radius 2 is 2.05 bits per heavy atom. The van der Waals surface area contributed by atoms with Crippen LogP contribution in [0.4, 0.5) is 17.6 Å². The topological polar surface area (TPSA) is 33.1 Å². The summed E-state index contributed by atoms with van der Waals surface area (Å²) in [6.07, 6.45) is -4.03. The van der Waals surface area contributed by atoms with Crippen LogP contribution < -0.4 is 0 Å². The van der Waals surface area contributed by atoms with E-state index in [-0.39, 0.29) is 30.4 Å². The smallest absolute Gasteiger partial charge is 0.416 e. The monoisotopic (exact) mass is 325 g/mol. The maximum absolute atomic E-state index is 13.1. The predicted octanol–water partition coefficient (Wildman–Crippen LogP) is 4.96. The van der Waals surface area contributed by atoms with Crippen LogP contribution in [0.5, 0.6) is 0 Å². The number of benzene rings is 1. The highest BCUT2D eigenvalue weighted by atomic mass is 35.5. The van der Waals surface area contributed by atoms with Gasteiger partial charge >= 0.3 is 6.18 Å². The Bertz CT molecular complexity index is 490. The summed E-state index contributed by atoms with van der Waals surface area (Å²) >= 11 is 5.58. The van der Waals surface area contributed by atoms with Crippen molar-refractivity contribution in [3.8, 4) is 0 Å². The van der Waals surface area contributed by atoms with Gasteiger partial charge in [-0.25, -0.2) is 4.39 Å². The molecule has 2 nitrogen and oxygen atoms in total. The first kappa shape index (κ1) is 17.8. The third-order valence-corrected chi connectivity index (χ3v) is 3.21. The van der Waals surface area contributed by atoms with Gasteiger partial charge in [-0.2, -0.15) is 13.2 Å². The molecule has 0 bridgehead atoms. The first-order chi connectivity index (χ1) is 9.81. The van der Waals surface area contributed by atoms with E-state index in [1.54, 1.807) is 6.92 Å². The summed E-state index contributed by atoms with van der Waals surface area (Å²) in [7, 11) is 0. The summed E-state index contributed by atoms with van der Waals surface area (Å²) in [4.78, 5) is 0. The number of hydrogen-bond donors (Lipinski definition) is 1. The van der Waals surface area contributed by atoms with Crippen molar-refractivity contribution in [1.82, 2.24) is 0 Å². The van der Waals surface area contributed by atoms with Crippen molar-refractivity contribution < 1.29 is 22.3 Å². The summed E-state index contributed by atoms with van der Waals surface area (Å²) in [5.74, 6) is -1.86. The summed E-state index contributed by atoms with van der Waals surface area (Å²) < 4.78 is 57.3. The summed E-state index contributed by atoms with van der Waals surface area (Å²) in [5.41, 5.74) is -1.24. The molecule has 0 aromatic heterocycles. The van der Waals surface area contributed by atoms with E-state index in [9.17, 15) is 17.6 Å². The molecule has 0 aliphatic carbocycles. The highest BCUT2D eigenvalue weighted by Crippen LogP contribution is 2.37. The highest BCUT2D eigenvalue weighted by molar-refractivity contribution is 6.17. The van der Waals surface area contributed by atoms with Crippen LogP contribution >= 0.6 is 11.6 Å². The van der Waals surface area contributed by atoms with E-state index in [4.69, 9.17) is 21.7 Å². The Kier molecular flexibility index (Phi) is 6.45. The Morgan fingerprint density at radius 1 is 1.38 bits per heavy atom. The summed E-state index contributed by atoms with van der Waals surface area (Å²) in [5, 5.41) is 7.79. The van der Waals surface area contributed by atoms with Crippen molar-refractivity contribution in [1.29, 1.82) is 5.41 Å². The van der Waals surface area contributed by atoms with E-state index in [2.05, 4.69) is 0 Å². The van der Waals surface area contributed by atoms with Gasteiger partial charge in [-0.05, 0) is 37.5 Å². The maximum atomic E-state index is 13.1. The van der Waals surface area contributed by atoms with Gasteiger partial charge in [0.05, 0.1) is 18.1 Å². The van der Waals surface area contributed by atoms with Crippen LogP contribution in [0.3, 0.4) is 0 Å². The second-order valence-corrected chi connectivity index (χ2v) is 4.79. The number of halogens is 5. The minimum atomic E-state index is -4.69. The van der Waals surface area contributed by atoms with Crippen LogP contribution in [0.2, 0.25) is 0 Å². The molecule has 1 rings (SSSR count). The van der Waals surface area contributed by atoms with E-state index >= 15 is 0 Å². The minimum absolute atomic E-state index is 0.160. The highest BCUT2D eigenvalue weighted by Gasteiger charge is 2.36. The molecule has 0 amide bonds. The fraction of sp³-hybridized carbons (Fsp3) is 0.500. The van der Waals surface area contributed by atoms with Crippen LogP contribution in [-0.2, 0) is 10.9 Å². The Balaban J connectivity index is 3.26. The normalized spacial score (nSPS) is 13.0. The van der Waals surface area contributed by atoms with Gasteiger partial charge in [0.15, 0.2) is 5.90 Å². The molecule has 1 aromatic carbocycles. The van der Waals surface area contributed by atoms with Gasteiger partial charge in [0, 0.05) is 5.88 Å². The lowest BCUT2D eigenvalue weighted by Crippen LogP contribution is -2.20. The van der Waals surface area contributed by atoms with Gasteiger partial charge in [-0.3, -0.25) is 5.41 Å². The maximum Gasteiger partial charge on any atom is 0.416 e. The lowest BCUT2D eigenvalue weighted by Gasteiger charge is -2.22. The van der Waals surface area contributed by atoms with Crippen molar-refractivity contribution in [2.45, 2.75) is 31.9 Å². The Labute approximate surface area is 125 Å². The van der Waals surface area contributed by atoms with Gasteiger partial charge in [0.1, 0.15) is 5.82 Å². The molecule has 1 N–H and O–H groups in total. The zero-order valence-electron chi connectivity index (χ0n) is 11.4. The number of alkyl halides is 4. The fourth-order valence-electron chi connectivity index (χ4n) is 2.04. The second kappa shape index (κ2) is 7.64. The van der Waals surface area contributed by atoms with E-state index in [0.717, 1.165) is 12.1 Å². The largest absolute Gasteiger partial charge is 0.481 e. The van der Waals surface area contributed by atoms with Crippen LogP contribution in [0.1, 0.15) is 36.8 Å². The molecule has 1 aromatic rings. The molecule has 0 spiro atoms. The molecule has 1 unspecified atom stereocenters. The zero-order valence-corrected chi connectivity index (χ0v) is 12.2. The van der Waals surface area contributed by atoms with E-state index in [0.29, 0.717) is 12.5 Å². The van der Waals surface area contributed by atoms with Gasteiger partial charge in [-0.1, -0.05) is 6.07 Å². The molecule has 0 fully saturated rings. The van der Waals surface area contributed by atoms with E-state index < -0.39 is 23.5 Å². The van der Waals surface area contributed by atoms with Crippen molar-refractivity contribution in [2.75, 3.05) is 12.5 Å². The fourth-order valence-corrected chi connectivity index (χ4v) is 2.20. The lowest BCUT2D eigenvalue weighted by atomic mass is 9.90. The number of rotatable bonds is 6. The minimum Gasteiger partial charge on any atom is -0.481 e. The van der Waals surface area contributed by atoms with E-state index in [1.165, 1.54) is 0 Å². The number of ether oxygens (including phenoxy) is 1. The van der Waals surface area contributed by atoms with Crippen molar-refractivity contribution in [2.24, 2.45) is 0 Å². The predicted molar refractivity (Wildman–Crippen MR) is 73.4 cm³/mol. The molecular formula is C14H16ClF4NO. The molecule has 0 saturated carbocycles. The molecule has 21 heavy (non-hydrogen) atoms. The quantitative estimate of drug-likeness (QED) is 0.341. The number of hydrogen-bond acceptors (Lipinski definition) is 2. The first-order valence-electron chi connectivity index (χ1n) is 6.45. The van der Waals surface area contributed by atoms with E-state index in [1.807, 2.05) is 0 Å². The van der Waals surface area contributed by atoms with Crippen molar-refractivity contribution in [3.63, 3.8) is 0 Å². The molecule has 0 saturated heterocycles. The Morgan fingerprint density at radius 3 is 2.57 bits per heavy atom. The van der Waals surface area contributed by atoms with Crippen LogP contribution in [0, 0.1) is 11.2 Å². The summed E-state index contributed by atoms with van der Waals surface area (Å²) in [6.45, 7) is 1.82. The standard InChI is InChI=1S/C14H16ClF4NO/c1-2-21-13(20)11(4-3-7-15)10-6-5-9(16)8-12(10)14(17,18)19/h5-6,8,11,20H,2-4,7H2,1H3. The Hall–Kier alpha value is -1.30. The average molecular weight is 326 g/mol. The molecule has 1 atom stereocenters. The first-order valence-corrected chi connectivity index (χ1v) is 6.98. The van der Waals surface area contributed by atoms with Crippen LogP contribution in [0.25, 0.3) is 0 Å². The number of nitrogens with one attached hydrogen (secondary N) is 1. The third kappa shape index (κ3) is 4.88. The molecule has 0 radical (unpaired) electrons. The SMILES string of the molecule is CCOC(=N)C(CCCCl)c1ccc(F)cc1C(F)(F)F. The molecule has 0 aliphatic rings. The van der Waals surface area contributed by atoms with Gasteiger partial charge < -0.3 is 4.74 Å². The third-order valence-electron chi connectivity index (χ3n) is 2.94. The van der Waals surface area contributed by atoms with Crippen LogP contribution in [0.15, 0.2) is 18.2 Å². The molecule has 0 heterocycles. The zero-order chi connectivity index (χ0) is 16.0. The molecule has 0 aliphatic heterocycles. The van der Waals surface area contributed by atoms with Gasteiger partial charge in [0.25, 0.3) is 0 Å².